The van der Waals surface area contributed by atoms with Crippen LogP contribution in [0.1, 0.15) is 22.3 Å². The second-order valence-corrected chi connectivity index (χ2v) is 3.02. The van der Waals surface area contributed by atoms with Crippen molar-refractivity contribution >= 4 is 11.9 Å². The summed E-state index contributed by atoms with van der Waals surface area (Å²) in [6.07, 6.45) is -0.218. The number of carbonyl (C=O) groups excluding carboxylic acids is 1. The standard InChI is InChI=1S/C12H9FO4/c1-17-11(14)7-3-4-8-9(12(15)16)5-2-6-10(8)13/h2,5-6H,7H2,1H3,(H,15,16). The Hall–Kier alpha value is -2.35. The van der Waals surface area contributed by atoms with Crippen molar-refractivity contribution < 1.29 is 23.8 Å². The molecule has 5 heteroatoms. The van der Waals surface area contributed by atoms with Crippen LogP contribution in [0.15, 0.2) is 18.2 Å². The van der Waals surface area contributed by atoms with Gasteiger partial charge < -0.3 is 9.84 Å². The van der Waals surface area contributed by atoms with Crippen LogP contribution in [0.4, 0.5) is 4.39 Å². The van der Waals surface area contributed by atoms with Gasteiger partial charge in [-0.15, -0.1) is 0 Å². The lowest BCUT2D eigenvalue weighted by Gasteiger charge is -1.99. The van der Waals surface area contributed by atoms with E-state index in [1.54, 1.807) is 0 Å². The summed E-state index contributed by atoms with van der Waals surface area (Å²) in [5.41, 5.74) is -0.466. The van der Waals surface area contributed by atoms with Crippen molar-refractivity contribution in [2.75, 3.05) is 7.11 Å². The lowest BCUT2D eigenvalue weighted by molar-refractivity contribution is -0.139. The summed E-state index contributed by atoms with van der Waals surface area (Å²) in [7, 11) is 1.20. The van der Waals surface area contributed by atoms with Gasteiger partial charge in [-0.1, -0.05) is 17.9 Å². The molecule has 0 saturated carbocycles. The lowest BCUT2D eigenvalue weighted by atomic mass is 10.1. The largest absolute Gasteiger partial charge is 0.478 e. The number of rotatable bonds is 2. The molecule has 0 aliphatic carbocycles. The smallest absolute Gasteiger partial charge is 0.337 e. The molecule has 1 aromatic carbocycles. The maximum Gasteiger partial charge on any atom is 0.337 e. The molecule has 0 fully saturated rings. The first kappa shape index (κ1) is 12.7. The highest BCUT2D eigenvalue weighted by Crippen LogP contribution is 2.12. The third-order valence-electron chi connectivity index (χ3n) is 1.92. The first-order valence-electron chi connectivity index (χ1n) is 4.63. The van der Waals surface area contributed by atoms with Crippen LogP contribution in [0.25, 0.3) is 0 Å². The third-order valence-corrected chi connectivity index (χ3v) is 1.92. The van der Waals surface area contributed by atoms with Gasteiger partial charge in [0.25, 0.3) is 0 Å². The predicted molar refractivity (Wildman–Crippen MR) is 56.9 cm³/mol. The van der Waals surface area contributed by atoms with E-state index in [0.29, 0.717) is 0 Å². The molecule has 0 aliphatic heterocycles. The Morgan fingerprint density at radius 1 is 1.47 bits per heavy atom. The summed E-state index contributed by atoms with van der Waals surface area (Å²) in [6, 6.07) is 3.63. The zero-order valence-electron chi connectivity index (χ0n) is 8.99. The number of carbonyl (C=O) groups is 2. The molecule has 0 radical (unpaired) electrons. The van der Waals surface area contributed by atoms with E-state index in [1.807, 2.05) is 0 Å². The Morgan fingerprint density at radius 2 is 2.18 bits per heavy atom. The molecule has 1 rings (SSSR count). The van der Waals surface area contributed by atoms with Gasteiger partial charge in [-0.05, 0) is 12.1 Å². The Balaban J connectivity index is 3.04. The van der Waals surface area contributed by atoms with Gasteiger partial charge in [-0.2, -0.15) is 0 Å². The predicted octanol–water partition coefficient (Wildman–Crippen LogP) is 1.44. The van der Waals surface area contributed by atoms with Crippen molar-refractivity contribution in [3.63, 3.8) is 0 Å². The average Bonchev–Trinajstić information content (AvgIpc) is 2.30. The second-order valence-electron chi connectivity index (χ2n) is 3.02. The van der Waals surface area contributed by atoms with E-state index in [-0.39, 0.29) is 17.5 Å². The van der Waals surface area contributed by atoms with Crippen LogP contribution >= 0.6 is 0 Å². The molecule has 0 amide bonds. The van der Waals surface area contributed by atoms with Gasteiger partial charge in [-0.25, -0.2) is 9.18 Å². The Bertz CT molecular complexity index is 511. The molecule has 17 heavy (non-hydrogen) atoms. The number of aromatic carboxylic acids is 1. The van der Waals surface area contributed by atoms with E-state index >= 15 is 0 Å². The maximum absolute atomic E-state index is 13.3. The quantitative estimate of drug-likeness (QED) is 0.623. The van der Waals surface area contributed by atoms with Gasteiger partial charge in [0.05, 0.1) is 18.2 Å². The summed E-state index contributed by atoms with van der Waals surface area (Å²) in [5.74, 6) is 2.11. The minimum atomic E-state index is -1.27. The summed E-state index contributed by atoms with van der Waals surface area (Å²) in [6.45, 7) is 0. The van der Waals surface area contributed by atoms with E-state index < -0.39 is 17.8 Å². The van der Waals surface area contributed by atoms with Crippen molar-refractivity contribution in [2.24, 2.45) is 0 Å². The number of carboxylic acids is 1. The average molecular weight is 236 g/mol. The minimum Gasteiger partial charge on any atom is -0.478 e. The number of ether oxygens (including phenoxy) is 1. The second kappa shape index (κ2) is 5.66. The fraction of sp³-hybridized carbons (Fsp3) is 0.167. The topological polar surface area (TPSA) is 63.6 Å². The molecular weight excluding hydrogens is 227 g/mol. The molecule has 0 spiro atoms. The molecule has 0 saturated heterocycles. The summed E-state index contributed by atoms with van der Waals surface area (Å²) < 4.78 is 17.7. The molecule has 88 valence electrons. The number of hydrogen-bond donors (Lipinski definition) is 1. The fourth-order valence-electron chi connectivity index (χ4n) is 1.11. The van der Waals surface area contributed by atoms with Gasteiger partial charge in [0.15, 0.2) is 0 Å². The monoisotopic (exact) mass is 236 g/mol. The summed E-state index contributed by atoms with van der Waals surface area (Å²) in [4.78, 5) is 21.6. The summed E-state index contributed by atoms with van der Waals surface area (Å²) >= 11 is 0. The van der Waals surface area contributed by atoms with Crippen molar-refractivity contribution in [3.05, 3.63) is 35.1 Å². The van der Waals surface area contributed by atoms with Crippen molar-refractivity contribution in [1.29, 1.82) is 0 Å². The SMILES string of the molecule is COC(=O)CC#Cc1c(F)cccc1C(=O)O. The number of methoxy groups -OCH3 is 1. The summed E-state index contributed by atoms with van der Waals surface area (Å²) in [5, 5.41) is 8.82. The van der Waals surface area contributed by atoms with Crippen LogP contribution in [0, 0.1) is 17.7 Å². The molecule has 0 atom stereocenters. The molecule has 1 N–H and O–H groups in total. The number of benzene rings is 1. The van der Waals surface area contributed by atoms with E-state index in [2.05, 4.69) is 16.6 Å². The van der Waals surface area contributed by atoms with E-state index in [1.165, 1.54) is 19.2 Å². The van der Waals surface area contributed by atoms with E-state index in [4.69, 9.17) is 5.11 Å². The Labute approximate surface area is 97.0 Å². The Morgan fingerprint density at radius 3 is 2.76 bits per heavy atom. The first-order valence-corrected chi connectivity index (χ1v) is 4.63. The van der Waals surface area contributed by atoms with Crippen LogP contribution in [0.3, 0.4) is 0 Å². The number of esters is 1. The van der Waals surface area contributed by atoms with Crippen LogP contribution in [0.5, 0.6) is 0 Å². The van der Waals surface area contributed by atoms with Gasteiger partial charge in [-0.3, -0.25) is 4.79 Å². The molecule has 0 aliphatic rings. The number of carboxylic acid groups (broad SMARTS) is 1. The Kier molecular flexibility index (Phi) is 4.23. The zero-order chi connectivity index (χ0) is 12.8. The molecule has 1 aromatic rings. The van der Waals surface area contributed by atoms with Crippen molar-refractivity contribution in [3.8, 4) is 11.8 Å². The number of halogens is 1. The highest BCUT2D eigenvalue weighted by molar-refractivity contribution is 5.90. The van der Waals surface area contributed by atoms with Gasteiger partial charge in [0.2, 0.25) is 0 Å². The van der Waals surface area contributed by atoms with Gasteiger partial charge in [0.1, 0.15) is 12.2 Å². The maximum atomic E-state index is 13.3. The highest BCUT2D eigenvalue weighted by Gasteiger charge is 2.11. The van der Waals surface area contributed by atoms with Crippen LogP contribution in [-0.2, 0) is 9.53 Å². The molecule has 0 heterocycles. The fourth-order valence-corrected chi connectivity index (χ4v) is 1.11. The number of hydrogen-bond acceptors (Lipinski definition) is 3. The van der Waals surface area contributed by atoms with E-state index in [9.17, 15) is 14.0 Å². The van der Waals surface area contributed by atoms with Crippen LogP contribution in [0.2, 0.25) is 0 Å². The molecular formula is C12H9FO4. The normalized spacial score (nSPS) is 9.06. The minimum absolute atomic E-state index is 0.218. The first-order chi connectivity index (χ1) is 8.06. The van der Waals surface area contributed by atoms with E-state index in [0.717, 1.165) is 6.07 Å². The van der Waals surface area contributed by atoms with Crippen molar-refractivity contribution in [2.45, 2.75) is 6.42 Å². The van der Waals surface area contributed by atoms with Crippen molar-refractivity contribution in [1.82, 2.24) is 0 Å². The molecule has 0 unspecified atom stereocenters. The lowest BCUT2D eigenvalue weighted by Crippen LogP contribution is -2.02. The van der Waals surface area contributed by atoms with Gasteiger partial charge >= 0.3 is 11.9 Å². The zero-order valence-corrected chi connectivity index (χ0v) is 8.99. The molecule has 0 aromatic heterocycles. The third kappa shape index (κ3) is 3.31. The van der Waals surface area contributed by atoms with Gasteiger partial charge in [0, 0.05) is 0 Å². The van der Waals surface area contributed by atoms with Crippen LogP contribution in [-0.4, -0.2) is 24.2 Å². The van der Waals surface area contributed by atoms with Crippen LogP contribution < -0.4 is 0 Å². The molecule has 0 bridgehead atoms. The highest BCUT2D eigenvalue weighted by atomic mass is 19.1. The molecule has 4 nitrogen and oxygen atoms in total.